The van der Waals surface area contributed by atoms with Gasteiger partial charge in [0.1, 0.15) is 6.42 Å². The van der Waals surface area contributed by atoms with Crippen molar-refractivity contribution in [1.82, 2.24) is 10.1 Å². The number of alkyl halides is 3. The van der Waals surface area contributed by atoms with Crippen LogP contribution in [0.1, 0.15) is 23.2 Å². The first-order valence-electron chi connectivity index (χ1n) is 5.64. The second-order valence-electron chi connectivity index (χ2n) is 4.04. The highest BCUT2D eigenvalue weighted by Gasteiger charge is 2.31. The zero-order chi connectivity index (χ0) is 13.9. The van der Waals surface area contributed by atoms with E-state index in [4.69, 9.17) is 10.3 Å². The summed E-state index contributed by atoms with van der Waals surface area (Å²) in [4.78, 5) is 3.77. The number of rotatable bonds is 4. The van der Waals surface area contributed by atoms with Gasteiger partial charge in [0.2, 0.25) is 5.89 Å². The van der Waals surface area contributed by atoms with E-state index >= 15 is 0 Å². The minimum absolute atomic E-state index is 0.105. The predicted octanol–water partition coefficient (Wildman–Crippen LogP) is 2.27. The molecule has 4 nitrogen and oxygen atoms in total. The Morgan fingerprint density at radius 1 is 1.21 bits per heavy atom. The van der Waals surface area contributed by atoms with Crippen LogP contribution < -0.4 is 5.73 Å². The fourth-order valence-electron chi connectivity index (χ4n) is 1.72. The number of halogens is 3. The molecule has 0 saturated carbocycles. The van der Waals surface area contributed by atoms with Crippen LogP contribution in [0, 0.1) is 0 Å². The SMILES string of the molecule is NCC(c1ccccc1)c1nc(CC(F)(F)F)no1. The van der Waals surface area contributed by atoms with Gasteiger partial charge >= 0.3 is 6.18 Å². The standard InChI is InChI=1S/C12H12F3N3O/c13-12(14,15)6-10-17-11(19-18-10)9(7-16)8-4-2-1-3-5-8/h1-5,9H,6-7,16H2. The average molecular weight is 271 g/mol. The Morgan fingerprint density at radius 2 is 1.89 bits per heavy atom. The molecule has 0 saturated heterocycles. The van der Waals surface area contributed by atoms with E-state index in [1.807, 2.05) is 30.3 Å². The van der Waals surface area contributed by atoms with E-state index in [1.165, 1.54) is 0 Å². The van der Waals surface area contributed by atoms with Crippen molar-refractivity contribution in [2.24, 2.45) is 5.73 Å². The van der Waals surface area contributed by atoms with Crippen LogP contribution in [0.15, 0.2) is 34.9 Å². The van der Waals surface area contributed by atoms with Crippen LogP contribution in [-0.2, 0) is 6.42 Å². The Morgan fingerprint density at radius 3 is 2.47 bits per heavy atom. The first-order valence-corrected chi connectivity index (χ1v) is 5.64. The van der Waals surface area contributed by atoms with Crippen molar-refractivity contribution < 1.29 is 17.7 Å². The van der Waals surface area contributed by atoms with Crippen LogP contribution in [0.3, 0.4) is 0 Å². The normalized spacial score (nSPS) is 13.5. The van der Waals surface area contributed by atoms with Crippen molar-refractivity contribution in [3.8, 4) is 0 Å². The van der Waals surface area contributed by atoms with Crippen molar-refractivity contribution in [3.63, 3.8) is 0 Å². The van der Waals surface area contributed by atoms with Crippen LogP contribution in [0.2, 0.25) is 0 Å². The molecule has 0 aliphatic carbocycles. The maximum absolute atomic E-state index is 12.2. The Kier molecular flexibility index (Phi) is 3.84. The summed E-state index contributed by atoms with van der Waals surface area (Å²) in [6.45, 7) is 0.178. The number of benzene rings is 1. The van der Waals surface area contributed by atoms with Gasteiger partial charge in [-0.2, -0.15) is 18.2 Å². The number of hydrogen-bond acceptors (Lipinski definition) is 4. The lowest BCUT2D eigenvalue weighted by atomic mass is 9.99. The Balaban J connectivity index is 2.21. The summed E-state index contributed by atoms with van der Waals surface area (Å²) in [5.74, 6) is -0.666. The molecule has 0 aliphatic rings. The molecule has 1 aromatic heterocycles. The molecule has 2 rings (SSSR count). The number of nitrogens with zero attached hydrogens (tertiary/aromatic N) is 2. The van der Waals surface area contributed by atoms with Gasteiger partial charge in [-0.15, -0.1) is 0 Å². The molecule has 7 heteroatoms. The van der Waals surface area contributed by atoms with E-state index in [0.717, 1.165) is 5.56 Å². The molecule has 1 atom stereocenters. The van der Waals surface area contributed by atoms with Gasteiger partial charge in [-0.25, -0.2) is 0 Å². The summed E-state index contributed by atoms with van der Waals surface area (Å²) in [6.07, 6.45) is -5.56. The van der Waals surface area contributed by atoms with Crippen molar-refractivity contribution in [2.45, 2.75) is 18.5 Å². The summed E-state index contributed by atoms with van der Waals surface area (Å²) < 4.78 is 41.5. The summed E-state index contributed by atoms with van der Waals surface area (Å²) in [5.41, 5.74) is 6.45. The zero-order valence-electron chi connectivity index (χ0n) is 9.89. The zero-order valence-corrected chi connectivity index (χ0v) is 9.89. The van der Waals surface area contributed by atoms with E-state index in [9.17, 15) is 13.2 Å². The predicted molar refractivity (Wildman–Crippen MR) is 61.4 cm³/mol. The van der Waals surface area contributed by atoms with Crippen molar-refractivity contribution >= 4 is 0 Å². The van der Waals surface area contributed by atoms with Crippen molar-refractivity contribution in [2.75, 3.05) is 6.54 Å². The van der Waals surface area contributed by atoms with E-state index in [1.54, 1.807) is 0 Å². The van der Waals surface area contributed by atoms with Gasteiger partial charge in [-0.1, -0.05) is 35.5 Å². The second kappa shape index (κ2) is 5.40. The van der Waals surface area contributed by atoms with Gasteiger partial charge in [0.25, 0.3) is 0 Å². The van der Waals surface area contributed by atoms with Crippen LogP contribution in [0.4, 0.5) is 13.2 Å². The molecule has 1 unspecified atom stereocenters. The lowest BCUT2D eigenvalue weighted by Crippen LogP contribution is -2.15. The van der Waals surface area contributed by atoms with Crippen LogP contribution in [-0.4, -0.2) is 22.9 Å². The first-order chi connectivity index (χ1) is 8.99. The Hall–Kier alpha value is -1.89. The highest BCUT2D eigenvalue weighted by atomic mass is 19.4. The highest BCUT2D eigenvalue weighted by molar-refractivity contribution is 5.24. The molecule has 19 heavy (non-hydrogen) atoms. The van der Waals surface area contributed by atoms with Gasteiger partial charge in [0.05, 0.1) is 5.92 Å². The van der Waals surface area contributed by atoms with Crippen molar-refractivity contribution in [3.05, 3.63) is 47.6 Å². The third-order valence-corrected chi connectivity index (χ3v) is 2.58. The molecule has 0 amide bonds. The number of hydrogen-bond donors (Lipinski definition) is 1. The molecule has 0 bridgehead atoms. The van der Waals surface area contributed by atoms with E-state index in [2.05, 4.69) is 10.1 Å². The molecular weight excluding hydrogens is 259 g/mol. The van der Waals surface area contributed by atoms with Crippen LogP contribution >= 0.6 is 0 Å². The summed E-state index contributed by atoms with van der Waals surface area (Å²) in [6, 6.07) is 9.08. The third kappa shape index (κ3) is 3.54. The number of nitrogens with two attached hydrogens (primary N) is 1. The van der Waals surface area contributed by atoms with Gasteiger partial charge in [-0.05, 0) is 5.56 Å². The van der Waals surface area contributed by atoms with Crippen LogP contribution in [0.5, 0.6) is 0 Å². The smallest absolute Gasteiger partial charge is 0.339 e. The lowest BCUT2D eigenvalue weighted by Gasteiger charge is -2.09. The third-order valence-electron chi connectivity index (χ3n) is 2.58. The average Bonchev–Trinajstić information content (AvgIpc) is 2.77. The minimum atomic E-state index is -4.36. The molecular formula is C12H12F3N3O. The van der Waals surface area contributed by atoms with Gasteiger partial charge in [-0.3, -0.25) is 0 Å². The molecule has 102 valence electrons. The fourth-order valence-corrected chi connectivity index (χ4v) is 1.72. The summed E-state index contributed by atoms with van der Waals surface area (Å²) in [5, 5.41) is 3.33. The molecule has 0 spiro atoms. The molecule has 0 radical (unpaired) electrons. The minimum Gasteiger partial charge on any atom is -0.339 e. The molecule has 0 fully saturated rings. The maximum Gasteiger partial charge on any atom is 0.396 e. The Labute approximate surface area is 107 Å². The second-order valence-corrected chi connectivity index (χ2v) is 4.04. The molecule has 2 aromatic rings. The fraction of sp³-hybridized carbons (Fsp3) is 0.333. The molecule has 1 heterocycles. The molecule has 2 N–H and O–H groups in total. The topological polar surface area (TPSA) is 64.9 Å². The lowest BCUT2D eigenvalue weighted by molar-refractivity contribution is -0.128. The van der Waals surface area contributed by atoms with Gasteiger partial charge in [0.15, 0.2) is 5.82 Å². The van der Waals surface area contributed by atoms with Gasteiger partial charge in [0, 0.05) is 6.54 Å². The maximum atomic E-state index is 12.2. The summed E-state index contributed by atoms with van der Waals surface area (Å²) in [7, 11) is 0. The number of aromatic nitrogens is 2. The molecule has 1 aromatic carbocycles. The quantitative estimate of drug-likeness (QED) is 0.926. The van der Waals surface area contributed by atoms with Crippen molar-refractivity contribution in [1.29, 1.82) is 0 Å². The van der Waals surface area contributed by atoms with E-state index < -0.39 is 18.5 Å². The monoisotopic (exact) mass is 271 g/mol. The molecule has 0 aliphatic heterocycles. The van der Waals surface area contributed by atoms with Crippen LogP contribution in [0.25, 0.3) is 0 Å². The largest absolute Gasteiger partial charge is 0.396 e. The van der Waals surface area contributed by atoms with E-state index in [-0.39, 0.29) is 18.3 Å². The summed E-state index contributed by atoms with van der Waals surface area (Å²) >= 11 is 0. The van der Waals surface area contributed by atoms with E-state index in [0.29, 0.717) is 0 Å². The highest BCUT2D eigenvalue weighted by Crippen LogP contribution is 2.24. The van der Waals surface area contributed by atoms with Gasteiger partial charge < -0.3 is 10.3 Å². The first kappa shape index (κ1) is 13.5. The Bertz CT molecular complexity index is 525.